The van der Waals surface area contributed by atoms with Crippen LogP contribution in [-0.2, 0) is 6.54 Å². The van der Waals surface area contributed by atoms with Gasteiger partial charge in [0.1, 0.15) is 5.75 Å². The molecule has 0 heterocycles. The topological polar surface area (TPSA) is 21.3 Å². The Kier molecular flexibility index (Phi) is 7.11. The number of rotatable bonds is 9. The Bertz CT molecular complexity index is 554. The van der Waals surface area contributed by atoms with E-state index in [9.17, 15) is 0 Å². The zero-order valence-electron chi connectivity index (χ0n) is 13.1. The summed E-state index contributed by atoms with van der Waals surface area (Å²) in [6.45, 7) is 3.77. The predicted octanol–water partition coefficient (Wildman–Crippen LogP) is 5.91. The molecule has 0 fully saturated rings. The fraction of sp³-hybridized carbons (Fsp3) is 0.368. The minimum Gasteiger partial charge on any atom is -0.494 e. The summed E-state index contributed by atoms with van der Waals surface area (Å²) in [7, 11) is 0. The van der Waals surface area contributed by atoms with Crippen molar-refractivity contribution in [2.45, 2.75) is 39.2 Å². The van der Waals surface area contributed by atoms with Crippen LogP contribution in [0.4, 0.5) is 5.69 Å². The van der Waals surface area contributed by atoms with Crippen molar-refractivity contribution in [3.8, 4) is 5.75 Å². The molecule has 0 bridgehead atoms. The molecule has 0 aliphatic rings. The van der Waals surface area contributed by atoms with E-state index in [0.717, 1.165) is 36.0 Å². The Morgan fingerprint density at radius 1 is 0.955 bits per heavy atom. The number of hydrogen-bond donors (Lipinski definition) is 1. The summed E-state index contributed by atoms with van der Waals surface area (Å²) in [4.78, 5) is 0. The normalized spacial score (nSPS) is 10.5. The molecule has 0 unspecified atom stereocenters. The monoisotopic (exact) mass is 317 g/mol. The van der Waals surface area contributed by atoms with Gasteiger partial charge >= 0.3 is 0 Å². The van der Waals surface area contributed by atoms with E-state index >= 15 is 0 Å². The average molecular weight is 318 g/mol. The smallest absolute Gasteiger partial charge is 0.119 e. The quantitative estimate of drug-likeness (QED) is 0.580. The fourth-order valence-corrected chi connectivity index (χ4v) is 2.43. The van der Waals surface area contributed by atoms with Crippen LogP contribution in [0, 0.1) is 0 Å². The predicted molar refractivity (Wildman–Crippen MR) is 94.9 cm³/mol. The van der Waals surface area contributed by atoms with Gasteiger partial charge in [-0.05, 0) is 36.2 Å². The summed E-state index contributed by atoms with van der Waals surface area (Å²) >= 11 is 6.13. The van der Waals surface area contributed by atoms with Gasteiger partial charge in [0, 0.05) is 6.54 Å². The molecule has 2 rings (SSSR count). The van der Waals surface area contributed by atoms with Crippen molar-refractivity contribution in [3.63, 3.8) is 0 Å². The lowest BCUT2D eigenvalue weighted by Gasteiger charge is -2.10. The second-order valence-corrected chi connectivity index (χ2v) is 5.79. The second-order valence-electron chi connectivity index (χ2n) is 5.39. The van der Waals surface area contributed by atoms with Crippen molar-refractivity contribution < 1.29 is 4.74 Å². The molecule has 2 nitrogen and oxygen atoms in total. The molecule has 0 saturated heterocycles. The molecule has 0 saturated carbocycles. The first-order valence-electron chi connectivity index (χ1n) is 7.99. The van der Waals surface area contributed by atoms with Gasteiger partial charge in [-0.2, -0.15) is 0 Å². The molecule has 1 N–H and O–H groups in total. The van der Waals surface area contributed by atoms with Crippen LogP contribution in [0.3, 0.4) is 0 Å². The summed E-state index contributed by atoms with van der Waals surface area (Å²) in [6.07, 6.45) is 4.92. The highest BCUT2D eigenvalue weighted by atomic mass is 35.5. The van der Waals surface area contributed by atoms with Crippen LogP contribution in [0.2, 0.25) is 5.02 Å². The van der Waals surface area contributed by atoms with E-state index < -0.39 is 0 Å². The molecule has 0 aliphatic carbocycles. The molecular weight excluding hydrogens is 294 g/mol. The average Bonchev–Trinajstić information content (AvgIpc) is 2.55. The fourth-order valence-electron chi connectivity index (χ4n) is 2.22. The first kappa shape index (κ1) is 16.7. The van der Waals surface area contributed by atoms with E-state index in [0.29, 0.717) is 0 Å². The maximum atomic E-state index is 6.13. The van der Waals surface area contributed by atoms with Gasteiger partial charge in [0.15, 0.2) is 0 Å². The third-order valence-electron chi connectivity index (χ3n) is 3.55. The number of anilines is 1. The maximum absolute atomic E-state index is 6.13. The first-order chi connectivity index (χ1) is 10.8. The Balaban J connectivity index is 1.76. The van der Waals surface area contributed by atoms with E-state index in [2.05, 4.69) is 24.4 Å². The van der Waals surface area contributed by atoms with Crippen molar-refractivity contribution >= 4 is 17.3 Å². The van der Waals surface area contributed by atoms with Crippen molar-refractivity contribution in [2.75, 3.05) is 11.9 Å². The van der Waals surface area contributed by atoms with Gasteiger partial charge in [0.05, 0.1) is 17.3 Å². The molecule has 0 amide bonds. The van der Waals surface area contributed by atoms with E-state index in [4.69, 9.17) is 16.3 Å². The minimum atomic E-state index is 0.745. The van der Waals surface area contributed by atoms with Crippen molar-refractivity contribution in [3.05, 3.63) is 59.1 Å². The number of unbranched alkanes of at least 4 members (excludes halogenated alkanes) is 3. The molecule has 2 aromatic rings. The summed E-state index contributed by atoms with van der Waals surface area (Å²) in [6, 6.07) is 16.0. The minimum absolute atomic E-state index is 0.745. The molecule has 0 radical (unpaired) electrons. The SMILES string of the molecule is CCCCCCOc1ccc(CNc2ccccc2Cl)cc1. The Morgan fingerprint density at radius 2 is 1.73 bits per heavy atom. The van der Waals surface area contributed by atoms with Crippen molar-refractivity contribution in [2.24, 2.45) is 0 Å². The molecule has 0 atom stereocenters. The van der Waals surface area contributed by atoms with Crippen LogP contribution in [0.25, 0.3) is 0 Å². The van der Waals surface area contributed by atoms with Gasteiger partial charge in [-0.1, -0.05) is 62.1 Å². The highest BCUT2D eigenvalue weighted by molar-refractivity contribution is 6.33. The zero-order chi connectivity index (χ0) is 15.6. The zero-order valence-corrected chi connectivity index (χ0v) is 13.9. The lowest BCUT2D eigenvalue weighted by atomic mass is 10.2. The molecule has 22 heavy (non-hydrogen) atoms. The van der Waals surface area contributed by atoms with Gasteiger partial charge in [0.2, 0.25) is 0 Å². The third kappa shape index (κ3) is 5.61. The molecule has 0 aromatic heterocycles. The highest BCUT2D eigenvalue weighted by Crippen LogP contribution is 2.21. The van der Waals surface area contributed by atoms with Crippen LogP contribution >= 0.6 is 11.6 Å². The van der Waals surface area contributed by atoms with Crippen LogP contribution in [0.5, 0.6) is 5.75 Å². The molecule has 0 spiro atoms. The Labute approximate surface area is 138 Å². The molecular formula is C19H24ClNO. The van der Waals surface area contributed by atoms with Crippen LogP contribution in [0.15, 0.2) is 48.5 Å². The van der Waals surface area contributed by atoms with E-state index in [1.54, 1.807) is 0 Å². The second kappa shape index (κ2) is 9.37. The van der Waals surface area contributed by atoms with E-state index in [1.165, 1.54) is 24.8 Å². The number of para-hydroxylation sites is 1. The maximum Gasteiger partial charge on any atom is 0.119 e. The number of halogens is 1. The first-order valence-corrected chi connectivity index (χ1v) is 8.37. The number of hydrogen-bond acceptors (Lipinski definition) is 2. The molecule has 3 heteroatoms. The summed E-state index contributed by atoms with van der Waals surface area (Å²) in [5.74, 6) is 0.943. The van der Waals surface area contributed by atoms with Gasteiger partial charge in [0.25, 0.3) is 0 Å². The van der Waals surface area contributed by atoms with Crippen molar-refractivity contribution in [1.29, 1.82) is 0 Å². The molecule has 0 aliphatic heterocycles. The van der Waals surface area contributed by atoms with Gasteiger partial charge in [-0.25, -0.2) is 0 Å². The Hall–Kier alpha value is -1.67. The standard InChI is InChI=1S/C19H24ClNO/c1-2-3-4-7-14-22-17-12-10-16(11-13-17)15-21-19-9-6-5-8-18(19)20/h5-6,8-13,21H,2-4,7,14-15H2,1H3. The van der Waals surface area contributed by atoms with Crippen LogP contribution < -0.4 is 10.1 Å². The summed E-state index contributed by atoms with van der Waals surface area (Å²) in [5, 5.41) is 4.09. The van der Waals surface area contributed by atoms with Gasteiger partial charge in [-0.15, -0.1) is 0 Å². The summed E-state index contributed by atoms with van der Waals surface area (Å²) < 4.78 is 5.75. The molecule has 118 valence electrons. The Morgan fingerprint density at radius 3 is 2.45 bits per heavy atom. The van der Waals surface area contributed by atoms with E-state index in [1.807, 2.05) is 36.4 Å². The van der Waals surface area contributed by atoms with Gasteiger partial charge < -0.3 is 10.1 Å². The van der Waals surface area contributed by atoms with Crippen molar-refractivity contribution in [1.82, 2.24) is 0 Å². The third-order valence-corrected chi connectivity index (χ3v) is 3.88. The number of ether oxygens (including phenoxy) is 1. The van der Waals surface area contributed by atoms with Crippen LogP contribution in [-0.4, -0.2) is 6.61 Å². The molecule has 2 aromatic carbocycles. The lowest BCUT2D eigenvalue weighted by Crippen LogP contribution is -2.00. The van der Waals surface area contributed by atoms with Crippen LogP contribution in [0.1, 0.15) is 38.2 Å². The number of nitrogens with one attached hydrogen (secondary N) is 1. The largest absolute Gasteiger partial charge is 0.494 e. The van der Waals surface area contributed by atoms with Gasteiger partial charge in [-0.3, -0.25) is 0 Å². The lowest BCUT2D eigenvalue weighted by molar-refractivity contribution is 0.305. The number of benzene rings is 2. The van der Waals surface area contributed by atoms with E-state index in [-0.39, 0.29) is 0 Å². The highest BCUT2D eigenvalue weighted by Gasteiger charge is 1.99. The summed E-state index contributed by atoms with van der Waals surface area (Å²) in [5.41, 5.74) is 2.17.